The summed E-state index contributed by atoms with van der Waals surface area (Å²) in [6, 6.07) is 6.85. The number of oxime groups is 1. The molecule has 0 amide bonds. The maximum absolute atomic E-state index is 12.1. The third kappa shape index (κ3) is 7.23. The van der Waals surface area contributed by atoms with Crippen LogP contribution in [0.5, 0.6) is 0 Å². The van der Waals surface area contributed by atoms with Gasteiger partial charge in [0.1, 0.15) is 11.9 Å². The van der Waals surface area contributed by atoms with Gasteiger partial charge >= 0.3 is 5.97 Å². The summed E-state index contributed by atoms with van der Waals surface area (Å²) in [5.74, 6) is -2.20. The van der Waals surface area contributed by atoms with Crippen molar-refractivity contribution in [3.05, 3.63) is 35.4 Å². The van der Waals surface area contributed by atoms with Crippen molar-refractivity contribution in [2.24, 2.45) is 22.4 Å². The molecule has 1 aliphatic rings. The van der Waals surface area contributed by atoms with Gasteiger partial charge in [0.2, 0.25) is 0 Å². The van der Waals surface area contributed by atoms with Crippen molar-refractivity contribution in [3.8, 4) is 0 Å². The first-order valence-electron chi connectivity index (χ1n) is 8.13. The van der Waals surface area contributed by atoms with Crippen molar-refractivity contribution in [1.82, 2.24) is 0 Å². The molecule has 0 aliphatic carbocycles. The lowest BCUT2D eigenvalue weighted by Gasteiger charge is -2.22. The first-order valence-corrected chi connectivity index (χ1v) is 9.98. The van der Waals surface area contributed by atoms with Gasteiger partial charge in [-0.3, -0.25) is 14.8 Å². The quantitative estimate of drug-likeness (QED) is 0.129. The largest absolute Gasteiger partial charge is 0.479 e. The standard InChI is InChI=1S/C15H19N5O4.CH4O3S/c16-7-15(19,14(22)23)12(21)6-10-5-11(20-24-10)8-1-3-9(4-2-8)13(17)18;1-5(2,3)4/h1-4,10H,5-7,16,19H2,(H3,17,18)(H,22,23);1H3,(H,2,3,4)/t10-,15+;/m1./s1. The molecular weight excluding hydrogens is 406 g/mol. The molecule has 2 rings (SSSR count). The minimum atomic E-state index is -3.67. The predicted octanol–water partition coefficient (Wildman–Crippen LogP) is -1.33. The van der Waals surface area contributed by atoms with Crippen LogP contribution >= 0.6 is 0 Å². The lowest BCUT2D eigenvalue weighted by molar-refractivity contribution is -0.148. The van der Waals surface area contributed by atoms with Crippen LogP contribution in [0.25, 0.3) is 0 Å². The number of carboxylic acids is 1. The topological polar surface area (TPSA) is 232 Å². The van der Waals surface area contributed by atoms with Crippen LogP contribution in [0.3, 0.4) is 0 Å². The van der Waals surface area contributed by atoms with Gasteiger partial charge in [0.25, 0.3) is 10.1 Å². The second-order valence-corrected chi connectivity index (χ2v) is 7.77. The average Bonchev–Trinajstić information content (AvgIpc) is 3.07. The molecule has 0 radical (unpaired) electrons. The number of carboxylic acid groups (broad SMARTS) is 1. The molecule has 1 aliphatic heterocycles. The lowest BCUT2D eigenvalue weighted by Crippen LogP contribution is -2.60. The van der Waals surface area contributed by atoms with Gasteiger partial charge in [-0.05, 0) is 5.56 Å². The number of ketones is 1. The lowest BCUT2D eigenvalue weighted by atomic mass is 9.90. The minimum absolute atomic E-state index is 0.0376. The van der Waals surface area contributed by atoms with E-state index in [0.717, 1.165) is 5.56 Å². The van der Waals surface area contributed by atoms with Gasteiger partial charge in [-0.25, -0.2) is 4.79 Å². The molecule has 2 atom stereocenters. The van der Waals surface area contributed by atoms with E-state index < -0.39 is 40.1 Å². The molecule has 0 fully saturated rings. The molecule has 0 saturated carbocycles. The van der Waals surface area contributed by atoms with Gasteiger partial charge in [-0.1, -0.05) is 29.4 Å². The van der Waals surface area contributed by atoms with E-state index in [1.54, 1.807) is 24.3 Å². The highest BCUT2D eigenvalue weighted by atomic mass is 32.2. The van der Waals surface area contributed by atoms with E-state index in [-0.39, 0.29) is 12.3 Å². The average molecular weight is 429 g/mol. The zero-order valence-electron chi connectivity index (χ0n) is 15.5. The normalized spacial score (nSPS) is 17.8. The Balaban J connectivity index is 0.000000749. The molecule has 0 saturated heterocycles. The molecule has 29 heavy (non-hydrogen) atoms. The van der Waals surface area contributed by atoms with Crippen LogP contribution < -0.4 is 17.2 Å². The zero-order chi connectivity index (χ0) is 22.4. The summed E-state index contributed by atoms with van der Waals surface area (Å²) in [7, 11) is -3.67. The van der Waals surface area contributed by atoms with Crippen molar-refractivity contribution >= 4 is 33.4 Å². The summed E-state index contributed by atoms with van der Waals surface area (Å²) in [6.07, 6.45) is 0.269. The summed E-state index contributed by atoms with van der Waals surface area (Å²) in [4.78, 5) is 28.4. The first kappa shape index (κ1) is 24.2. The Morgan fingerprint density at radius 3 is 2.28 bits per heavy atom. The van der Waals surface area contributed by atoms with E-state index in [1.165, 1.54) is 0 Å². The van der Waals surface area contributed by atoms with Crippen LogP contribution in [0.15, 0.2) is 29.4 Å². The fraction of sp³-hybridized carbons (Fsp3) is 0.375. The van der Waals surface area contributed by atoms with Crippen molar-refractivity contribution in [2.75, 3.05) is 12.8 Å². The number of hydrogen-bond donors (Lipinski definition) is 6. The third-order valence-corrected chi connectivity index (χ3v) is 3.88. The number of Topliss-reactive ketones (excluding diaryl/α,β-unsaturated/α-hetero) is 1. The maximum Gasteiger partial charge on any atom is 0.332 e. The molecule has 13 heteroatoms. The molecule has 0 aromatic heterocycles. The number of carbonyl (C=O) groups excluding carboxylic acids is 1. The fourth-order valence-electron chi connectivity index (χ4n) is 2.26. The summed E-state index contributed by atoms with van der Waals surface area (Å²) < 4.78 is 25.9. The van der Waals surface area contributed by atoms with E-state index in [0.29, 0.717) is 24.0 Å². The number of amidine groups is 1. The Bertz CT molecular complexity index is 906. The highest BCUT2D eigenvalue weighted by Crippen LogP contribution is 2.21. The number of aliphatic carboxylic acids is 1. The Morgan fingerprint density at radius 2 is 1.86 bits per heavy atom. The second kappa shape index (κ2) is 9.56. The second-order valence-electron chi connectivity index (χ2n) is 6.30. The van der Waals surface area contributed by atoms with Crippen LogP contribution in [-0.4, -0.2) is 65.8 Å². The van der Waals surface area contributed by atoms with Gasteiger partial charge < -0.3 is 27.1 Å². The number of hydrogen-bond acceptors (Lipinski definition) is 9. The maximum atomic E-state index is 12.1. The predicted molar refractivity (Wildman–Crippen MR) is 104 cm³/mol. The van der Waals surface area contributed by atoms with E-state index in [1.807, 2.05) is 0 Å². The van der Waals surface area contributed by atoms with Crippen LogP contribution in [-0.2, 0) is 24.5 Å². The molecule has 0 spiro atoms. The Hall–Kier alpha value is -2.87. The number of benzene rings is 1. The van der Waals surface area contributed by atoms with E-state index in [9.17, 15) is 18.0 Å². The van der Waals surface area contributed by atoms with E-state index in [4.69, 9.17) is 37.1 Å². The smallest absolute Gasteiger partial charge is 0.332 e. The summed E-state index contributed by atoms with van der Waals surface area (Å²) in [5.41, 5.74) is 16.1. The van der Waals surface area contributed by atoms with Gasteiger partial charge in [0.15, 0.2) is 11.3 Å². The number of nitrogens with two attached hydrogens (primary N) is 3. The molecule has 9 N–H and O–H groups in total. The van der Waals surface area contributed by atoms with E-state index in [2.05, 4.69) is 5.16 Å². The third-order valence-electron chi connectivity index (χ3n) is 3.88. The van der Waals surface area contributed by atoms with Crippen LogP contribution in [0.1, 0.15) is 24.0 Å². The highest BCUT2D eigenvalue weighted by molar-refractivity contribution is 7.85. The van der Waals surface area contributed by atoms with Gasteiger partial charge in [0.05, 0.1) is 12.0 Å². The molecule has 1 aromatic carbocycles. The molecule has 0 bridgehead atoms. The Labute approximate surface area is 166 Å². The van der Waals surface area contributed by atoms with Crippen LogP contribution in [0, 0.1) is 5.41 Å². The zero-order valence-corrected chi connectivity index (χ0v) is 16.3. The molecule has 0 unspecified atom stereocenters. The molecular formula is C16H23N5O7S. The number of nitrogen functional groups attached to an aromatic ring is 1. The molecule has 1 heterocycles. The monoisotopic (exact) mass is 429 g/mol. The SMILES string of the molecule is CS(=O)(=O)O.N=C(N)c1ccc(C2=NO[C@@H](CC(=O)[C@@](N)(CN)C(=O)O)C2)cc1. The Kier molecular flexibility index (Phi) is 7.96. The van der Waals surface area contributed by atoms with Crippen molar-refractivity contribution in [1.29, 1.82) is 5.41 Å². The molecule has 12 nitrogen and oxygen atoms in total. The molecule has 160 valence electrons. The summed E-state index contributed by atoms with van der Waals surface area (Å²) in [6.45, 7) is -0.492. The van der Waals surface area contributed by atoms with Crippen LogP contribution in [0.2, 0.25) is 0 Å². The van der Waals surface area contributed by atoms with Gasteiger partial charge in [0, 0.05) is 24.9 Å². The number of nitrogens with one attached hydrogen (secondary N) is 1. The first-order chi connectivity index (χ1) is 13.3. The van der Waals surface area contributed by atoms with Crippen molar-refractivity contribution < 1.29 is 32.5 Å². The van der Waals surface area contributed by atoms with E-state index >= 15 is 0 Å². The van der Waals surface area contributed by atoms with Crippen LogP contribution in [0.4, 0.5) is 0 Å². The molecule has 1 aromatic rings. The van der Waals surface area contributed by atoms with Gasteiger partial charge in [-0.15, -0.1) is 0 Å². The van der Waals surface area contributed by atoms with Crippen molar-refractivity contribution in [3.63, 3.8) is 0 Å². The number of nitrogens with zero attached hydrogens (tertiary/aromatic N) is 1. The number of carbonyl (C=O) groups is 2. The fourth-order valence-corrected chi connectivity index (χ4v) is 2.26. The highest BCUT2D eigenvalue weighted by Gasteiger charge is 2.42. The Morgan fingerprint density at radius 1 is 1.34 bits per heavy atom. The number of rotatable bonds is 7. The van der Waals surface area contributed by atoms with Crippen molar-refractivity contribution in [2.45, 2.75) is 24.5 Å². The minimum Gasteiger partial charge on any atom is -0.479 e. The summed E-state index contributed by atoms with van der Waals surface area (Å²) >= 11 is 0. The van der Waals surface area contributed by atoms with Gasteiger partial charge in [-0.2, -0.15) is 8.42 Å². The summed E-state index contributed by atoms with van der Waals surface area (Å²) in [5, 5.41) is 20.3.